The van der Waals surface area contributed by atoms with Crippen molar-refractivity contribution in [1.29, 1.82) is 5.26 Å². The van der Waals surface area contributed by atoms with Gasteiger partial charge in [0.15, 0.2) is 0 Å². The molecule has 16 heavy (non-hydrogen) atoms. The molecule has 3 heteroatoms. The number of nitriles is 1. The summed E-state index contributed by atoms with van der Waals surface area (Å²) >= 11 is 0. The van der Waals surface area contributed by atoms with E-state index < -0.39 is 0 Å². The lowest BCUT2D eigenvalue weighted by molar-refractivity contribution is -0.121. The molecule has 1 heterocycles. The van der Waals surface area contributed by atoms with Crippen LogP contribution in [0.5, 0.6) is 0 Å². The Morgan fingerprint density at radius 2 is 2.06 bits per heavy atom. The Balaban J connectivity index is 2.21. The van der Waals surface area contributed by atoms with E-state index in [0.29, 0.717) is 5.56 Å². The van der Waals surface area contributed by atoms with E-state index in [4.69, 9.17) is 5.26 Å². The number of carbonyl (C=O) groups is 1. The van der Waals surface area contributed by atoms with E-state index >= 15 is 0 Å². The Morgan fingerprint density at radius 1 is 1.31 bits per heavy atom. The molecule has 1 aromatic rings. The van der Waals surface area contributed by atoms with Crippen molar-refractivity contribution in [2.24, 2.45) is 0 Å². The van der Waals surface area contributed by atoms with Gasteiger partial charge in [-0.3, -0.25) is 4.79 Å². The zero-order valence-electron chi connectivity index (χ0n) is 9.10. The average molecular weight is 214 g/mol. The van der Waals surface area contributed by atoms with Gasteiger partial charge >= 0.3 is 0 Å². The zero-order chi connectivity index (χ0) is 11.4. The molecule has 1 atom stereocenters. The SMILES string of the molecule is N#Cc1ccc(C2CCCCN2C=O)cc1. The Kier molecular flexibility index (Phi) is 3.21. The van der Waals surface area contributed by atoms with Gasteiger partial charge in [-0.2, -0.15) is 5.26 Å². The number of amides is 1. The molecule has 1 amide bonds. The fraction of sp³-hybridized carbons (Fsp3) is 0.385. The first-order valence-corrected chi connectivity index (χ1v) is 5.56. The van der Waals surface area contributed by atoms with Gasteiger partial charge in [-0.15, -0.1) is 0 Å². The summed E-state index contributed by atoms with van der Waals surface area (Å²) in [5, 5.41) is 8.72. The third-order valence-electron chi connectivity index (χ3n) is 3.10. The van der Waals surface area contributed by atoms with E-state index in [0.717, 1.165) is 37.8 Å². The van der Waals surface area contributed by atoms with Crippen LogP contribution in [-0.4, -0.2) is 17.9 Å². The molecule has 0 aliphatic carbocycles. The monoisotopic (exact) mass is 214 g/mol. The number of piperidine rings is 1. The highest BCUT2D eigenvalue weighted by Crippen LogP contribution is 2.29. The second kappa shape index (κ2) is 4.80. The highest BCUT2D eigenvalue weighted by atomic mass is 16.1. The molecular formula is C13H14N2O. The predicted octanol–water partition coefficient (Wildman–Crippen LogP) is 2.24. The predicted molar refractivity (Wildman–Crippen MR) is 60.5 cm³/mol. The van der Waals surface area contributed by atoms with Crippen molar-refractivity contribution in [1.82, 2.24) is 4.90 Å². The molecule has 1 aliphatic heterocycles. The number of hydrogen-bond acceptors (Lipinski definition) is 2. The van der Waals surface area contributed by atoms with Gasteiger partial charge in [-0.25, -0.2) is 0 Å². The molecule has 0 bridgehead atoms. The van der Waals surface area contributed by atoms with Crippen LogP contribution >= 0.6 is 0 Å². The first kappa shape index (κ1) is 10.7. The molecule has 0 saturated carbocycles. The fourth-order valence-corrected chi connectivity index (χ4v) is 2.22. The average Bonchev–Trinajstić information content (AvgIpc) is 2.39. The Bertz CT molecular complexity index is 405. The van der Waals surface area contributed by atoms with Crippen molar-refractivity contribution in [3.8, 4) is 6.07 Å². The first-order chi connectivity index (χ1) is 7.85. The number of rotatable bonds is 2. The number of benzene rings is 1. The fourth-order valence-electron chi connectivity index (χ4n) is 2.22. The van der Waals surface area contributed by atoms with Crippen molar-refractivity contribution >= 4 is 6.41 Å². The summed E-state index contributed by atoms with van der Waals surface area (Å²) in [6.07, 6.45) is 4.20. The summed E-state index contributed by atoms with van der Waals surface area (Å²) in [4.78, 5) is 12.8. The van der Waals surface area contributed by atoms with Gasteiger partial charge < -0.3 is 4.90 Å². The van der Waals surface area contributed by atoms with Crippen molar-refractivity contribution in [3.05, 3.63) is 35.4 Å². The van der Waals surface area contributed by atoms with Gasteiger partial charge in [0.2, 0.25) is 6.41 Å². The lowest BCUT2D eigenvalue weighted by Crippen LogP contribution is -2.32. The summed E-state index contributed by atoms with van der Waals surface area (Å²) in [6.45, 7) is 0.841. The van der Waals surface area contributed by atoms with Gasteiger partial charge in [0, 0.05) is 6.54 Å². The van der Waals surface area contributed by atoms with Crippen LogP contribution in [0.4, 0.5) is 0 Å². The summed E-state index contributed by atoms with van der Waals surface area (Å²) in [5.41, 5.74) is 1.79. The van der Waals surface area contributed by atoms with Crippen LogP contribution in [-0.2, 0) is 4.79 Å². The van der Waals surface area contributed by atoms with Crippen LogP contribution in [0.2, 0.25) is 0 Å². The molecule has 82 valence electrons. The minimum atomic E-state index is 0.194. The Hall–Kier alpha value is -1.82. The van der Waals surface area contributed by atoms with Gasteiger partial charge in [-0.1, -0.05) is 12.1 Å². The summed E-state index contributed by atoms with van der Waals surface area (Å²) in [5.74, 6) is 0. The smallest absolute Gasteiger partial charge is 0.210 e. The first-order valence-electron chi connectivity index (χ1n) is 5.56. The molecule has 0 radical (unpaired) electrons. The lowest BCUT2D eigenvalue weighted by Gasteiger charge is -2.33. The highest BCUT2D eigenvalue weighted by Gasteiger charge is 2.22. The minimum Gasteiger partial charge on any atom is -0.338 e. The molecule has 2 rings (SSSR count). The standard InChI is InChI=1S/C13H14N2O/c14-9-11-4-6-12(7-5-11)13-3-1-2-8-15(13)10-16/h4-7,10,13H,1-3,8H2. The molecule has 3 nitrogen and oxygen atoms in total. The van der Waals surface area contributed by atoms with Gasteiger partial charge in [0.1, 0.15) is 0 Å². The van der Waals surface area contributed by atoms with Crippen LogP contribution < -0.4 is 0 Å². The second-order valence-corrected chi connectivity index (χ2v) is 4.09. The lowest BCUT2D eigenvalue weighted by atomic mass is 9.95. The van der Waals surface area contributed by atoms with E-state index in [1.807, 2.05) is 29.2 Å². The molecule has 1 aliphatic rings. The molecule has 1 saturated heterocycles. The maximum absolute atomic E-state index is 10.9. The van der Waals surface area contributed by atoms with Crippen molar-refractivity contribution in [3.63, 3.8) is 0 Å². The molecule has 1 fully saturated rings. The number of carbonyl (C=O) groups excluding carboxylic acids is 1. The Labute approximate surface area is 95.3 Å². The quantitative estimate of drug-likeness (QED) is 0.709. The van der Waals surface area contributed by atoms with E-state index in [-0.39, 0.29) is 6.04 Å². The number of likely N-dealkylation sites (tertiary alicyclic amines) is 1. The largest absolute Gasteiger partial charge is 0.338 e. The van der Waals surface area contributed by atoms with Crippen LogP contribution in [0.3, 0.4) is 0 Å². The number of hydrogen-bond donors (Lipinski definition) is 0. The maximum Gasteiger partial charge on any atom is 0.210 e. The second-order valence-electron chi connectivity index (χ2n) is 4.09. The third kappa shape index (κ3) is 2.06. The minimum absolute atomic E-state index is 0.194. The van der Waals surface area contributed by atoms with Crippen LogP contribution in [0.15, 0.2) is 24.3 Å². The zero-order valence-corrected chi connectivity index (χ0v) is 9.10. The van der Waals surface area contributed by atoms with Crippen LogP contribution in [0, 0.1) is 11.3 Å². The van der Waals surface area contributed by atoms with Crippen LogP contribution in [0.1, 0.15) is 36.4 Å². The van der Waals surface area contributed by atoms with E-state index in [1.54, 1.807) is 0 Å². The summed E-state index contributed by atoms with van der Waals surface area (Å²) in [7, 11) is 0. The van der Waals surface area contributed by atoms with Crippen molar-refractivity contribution in [2.45, 2.75) is 25.3 Å². The van der Waals surface area contributed by atoms with Crippen LogP contribution in [0.25, 0.3) is 0 Å². The van der Waals surface area contributed by atoms with E-state index in [1.165, 1.54) is 0 Å². The Morgan fingerprint density at radius 3 is 2.69 bits per heavy atom. The summed E-state index contributed by atoms with van der Waals surface area (Å²) < 4.78 is 0. The molecular weight excluding hydrogens is 200 g/mol. The molecule has 0 N–H and O–H groups in total. The van der Waals surface area contributed by atoms with E-state index in [2.05, 4.69) is 6.07 Å². The normalized spacial score (nSPS) is 20.2. The van der Waals surface area contributed by atoms with Gasteiger partial charge in [0.05, 0.1) is 17.7 Å². The molecule has 0 aromatic heterocycles. The molecule has 1 unspecified atom stereocenters. The highest BCUT2D eigenvalue weighted by molar-refractivity contribution is 5.49. The third-order valence-corrected chi connectivity index (χ3v) is 3.10. The molecule has 0 spiro atoms. The van der Waals surface area contributed by atoms with Gasteiger partial charge in [0.25, 0.3) is 0 Å². The van der Waals surface area contributed by atoms with Crippen molar-refractivity contribution in [2.75, 3.05) is 6.54 Å². The maximum atomic E-state index is 10.9. The topological polar surface area (TPSA) is 44.1 Å². The summed E-state index contributed by atoms with van der Waals surface area (Å²) in [6, 6.07) is 9.82. The van der Waals surface area contributed by atoms with Gasteiger partial charge in [-0.05, 0) is 37.0 Å². The number of nitrogens with zero attached hydrogens (tertiary/aromatic N) is 2. The van der Waals surface area contributed by atoms with E-state index in [9.17, 15) is 4.79 Å². The van der Waals surface area contributed by atoms with Crippen molar-refractivity contribution < 1.29 is 4.79 Å². The molecule has 1 aromatic carbocycles.